The van der Waals surface area contributed by atoms with Gasteiger partial charge in [0.2, 0.25) is 0 Å². The Kier molecular flexibility index (Phi) is 8.32. The van der Waals surface area contributed by atoms with Crippen LogP contribution in [0.5, 0.6) is 0 Å². The quantitative estimate of drug-likeness (QED) is 0.358. The van der Waals surface area contributed by atoms with Gasteiger partial charge >= 0.3 is 6.09 Å². The van der Waals surface area contributed by atoms with E-state index in [1.165, 1.54) is 23.5 Å². The van der Waals surface area contributed by atoms with E-state index in [-0.39, 0.29) is 6.09 Å². The van der Waals surface area contributed by atoms with Crippen LogP contribution in [-0.2, 0) is 11.3 Å². The number of carbonyl (C=O) groups excluding carboxylic acids is 1. The van der Waals surface area contributed by atoms with Crippen LogP contribution in [0.1, 0.15) is 18.4 Å². The van der Waals surface area contributed by atoms with Crippen molar-refractivity contribution in [3.05, 3.63) is 40.9 Å². The van der Waals surface area contributed by atoms with Crippen molar-refractivity contribution >= 4 is 47.0 Å². The molecule has 0 saturated carbocycles. The molecule has 0 spiro atoms. The summed E-state index contributed by atoms with van der Waals surface area (Å²) in [7, 11) is 0. The van der Waals surface area contributed by atoms with Gasteiger partial charge in [-0.1, -0.05) is 53.7 Å². The van der Waals surface area contributed by atoms with E-state index in [0.717, 1.165) is 30.0 Å². The Bertz CT molecular complexity index is 818. The van der Waals surface area contributed by atoms with Crippen molar-refractivity contribution in [3.8, 4) is 0 Å². The number of amides is 1. The fourth-order valence-electron chi connectivity index (χ4n) is 3.12. The van der Waals surface area contributed by atoms with Crippen LogP contribution in [0, 0.1) is 5.92 Å². The van der Waals surface area contributed by atoms with Crippen molar-refractivity contribution in [1.82, 2.24) is 14.9 Å². The average Bonchev–Trinajstić information content (AvgIpc) is 2.77. The van der Waals surface area contributed by atoms with Crippen LogP contribution in [0.3, 0.4) is 0 Å². The van der Waals surface area contributed by atoms with Gasteiger partial charge in [-0.2, -0.15) is 0 Å². The Labute approximate surface area is 185 Å². The molecular weight excluding hydrogens is 428 g/mol. The summed E-state index contributed by atoms with van der Waals surface area (Å²) in [6.07, 6.45) is 5.49. The van der Waals surface area contributed by atoms with Gasteiger partial charge in [0.1, 0.15) is 16.7 Å². The molecule has 1 aliphatic rings. The number of carbonyl (C=O) groups is 1. The molecule has 1 saturated heterocycles. The summed E-state index contributed by atoms with van der Waals surface area (Å²) < 4.78 is 5.43. The van der Waals surface area contributed by atoms with Gasteiger partial charge in [-0.05, 0) is 36.8 Å². The molecule has 156 valence electrons. The highest BCUT2D eigenvalue weighted by Gasteiger charge is 2.24. The minimum Gasteiger partial charge on any atom is -0.445 e. The van der Waals surface area contributed by atoms with Crippen LogP contribution in [0.15, 0.2) is 40.5 Å². The van der Waals surface area contributed by atoms with Crippen molar-refractivity contribution < 1.29 is 9.53 Å². The van der Waals surface area contributed by atoms with Crippen LogP contribution >= 0.6 is 35.1 Å². The summed E-state index contributed by atoms with van der Waals surface area (Å²) in [5.41, 5.74) is 0.996. The van der Waals surface area contributed by atoms with Gasteiger partial charge in [-0.25, -0.2) is 14.8 Å². The molecule has 0 unspecified atom stereocenters. The maximum Gasteiger partial charge on any atom is 0.410 e. The van der Waals surface area contributed by atoms with Crippen molar-refractivity contribution in [2.45, 2.75) is 29.6 Å². The summed E-state index contributed by atoms with van der Waals surface area (Å²) in [6.45, 7) is 2.47. The zero-order valence-corrected chi connectivity index (χ0v) is 18.9. The molecule has 1 fully saturated rings. The Balaban J connectivity index is 1.46. The third-order valence-electron chi connectivity index (χ3n) is 4.81. The van der Waals surface area contributed by atoms with Gasteiger partial charge in [0.15, 0.2) is 11.0 Å². The van der Waals surface area contributed by atoms with E-state index in [2.05, 4.69) is 15.3 Å². The van der Waals surface area contributed by atoms with Crippen molar-refractivity contribution in [3.63, 3.8) is 0 Å². The van der Waals surface area contributed by atoms with E-state index >= 15 is 0 Å². The Morgan fingerprint density at radius 2 is 1.93 bits per heavy atom. The molecule has 1 amide bonds. The first kappa shape index (κ1) is 22.1. The van der Waals surface area contributed by atoms with Crippen LogP contribution in [0.2, 0.25) is 5.02 Å². The van der Waals surface area contributed by atoms with E-state index in [1.807, 2.05) is 42.8 Å². The molecule has 1 N–H and O–H groups in total. The molecule has 0 bridgehead atoms. The average molecular weight is 453 g/mol. The lowest BCUT2D eigenvalue weighted by atomic mass is 9.97. The summed E-state index contributed by atoms with van der Waals surface area (Å²) >= 11 is 9.43. The first-order valence-electron chi connectivity index (χ1n) is 9.45. The highest BCUT2D eigenvalue weighted by atomic mass is 35.5. The molecule has 2 heterocycles. The highest BCUT2D eigenvalue weighted by Crippen LogP contribution is 2.31. The highest BCUT2D eigenvalue weighted by molar-refractivity contribution is 7.99. The molecule has 6 nitrogen and oxygen atoms in total. The van der Waals surface area contributed by atoms with E-state index in [4.69, 9.17) is 16.3 Å². The number of benzene rings is 1. The number of likely N-dealkylation sites (tertiary alicyclic amines) is 1. The summed E-state index contributed by atoms with van der Waals surface area (Å²) in [5, 5.41) is 5.43. The molecular formula is C20H25ClN4O2S2. The molecule has 3 rings (SSSR count). The summed E-state index contributed by atoms with van der Waals surface area (Å²) in [4.78, 5) is 23.0. The minimum atomic E-state index is -0.242. The van der Waals surface area contributed by atoms with Crippen LogP contribution in [-0.4, -0.2) is 53.1 Å². The maximum atomic E-state index is 12.3. The third kappa shape index (κ3) is 6.17. The predicted octanol–water partition coefficient (Wildman–Crippen LogP) is 5.03. The predicted molar refractivity (Wildman–Crippen MR) is 120 cm³/mol. The van der Waals surface area contributed by atoms with Crippen molar-refractivity contribution in [2.75, 3.05) is 37.5 Å². The number of anilines is 1. The molecule has 1 aromatic heterocycles. The lowest BCUT2D eigenvalue weighted by molar-refractivity contribution is 0.0832. The number of nitrogens with zero attached hydrogens (tertiary/aromatic N) is 3. The maximum absolute atomic E-state index is 12.3. The minimum absolute atomic E-state index is 0.242. The first-order chi connectivity index (χ1) is 14.1. The second-order valence-corrected chi connectivity index (χ2v) is 8.68. The first-order valence-corrected chi connectivity index (χ1v) is 12.3. The Morgan fingerprint density at radius 1 is 1.21 bits per heavy atom. The second-order valence-electron chi connectivity index (χ2n) is 6.73. The van der Waals surface area contributed by atoms with E-state index in [1.54, 1.807) is 4.90 Å². The number of halogens is 1. The number of hydrogen-bond acceptors (Lipinski definition) is 7. The summed E-state index contributed by atoms with van der Waals surface area (Å²) in [6, 6.07) is 9.73. The zero-order valence-electron chi connectivity index (χ0n) is 16.6. The number of aromatic nitrogens is 2. The normalized spacial score (nSPS) is 14.7. The van der Waals surface area contributed by atoms with E-state index in [9.17, 15) is 4.79 Å². The molecule has 0 radical (unpaired) electrons. The number of nitrogens with one attached hydrogen (secondary N) is 1. The largest absolute Gasteiger partial charge is 0.445 e. The van der Waals surface area contributed by atoms with Gasteiger partial charge in [-0.3, -0.25) is 0 Å². The third-order valence-corrected chi connectivity index (χ3v) is 6.51. The van der Waals surface area contributed by atoms with E-state index in [0.29, 0.717) is 41.6 Å². The molecule has 0 aliphatic carbocycles. The standard InChI is InChI=1S/C20H25ClN4O2S2/c1-28-18-16(21)17(23-19(24-18)29-2)22-12-14-8-10-25(11-9-14)20(26)27-13-15-6-4-3-5-7-15/h3-7,14H,8-13H2,1-2H3,(H,22,23,24). The molecule has 1 aromatic carbocycles. The van der Waals surface area contributed by atoms with Crippen molar-refractivity contribution in [1.29, 1.82) is 0 Å². The topological polar surface area (TPSA) is 67.4 Å². The SMILES string of the molecule is CSc1nc(NCC2CCN(C(=O)OCc3ccccc3)CC2)c(Cl)c(SC)n1. The lowest BCUT2D eigenvalue weighted by Crippen LogP contribution is -2.40. The molecule has 1 aliphatic heterocycles. The van der Waals surface area contributed by atoms with Gasteiger partial charge in [-0.15, -0.1) is 11.8 Å². The monoisotopic (exact) mass is 452 g/mol. The van der Waals surface area contributed by atoms with E-state index < -0.39 is 0 Å². The molecule has 29 heavy (non-hydrogen) atoms. The van der Waals surface area contributed by atoms with Gasteiger partial charge in [0.05, 0.1) is 0 Å². The fourth-order valence-corrected chi connectivity index (χ4v) is 4.38. The van der Waals surface area contributed by atoms with Crippen LogP contribution < -0.4 is 5.32 Å². The Morgan fingerprint density at radius 3 is 2.59 bits per heavy atom. The fraction of sp³-hybridized carbons (Fsp3) is 0.450. The number of rotatable bonds is 7. The Hall–Kier alpha value is -1.64. The molecule has 0 atom stereocenters. The second kappa shape index (κ2) is 10.9. The van der Waals surface area contributed by atoms with Crippen LogP contribution in [0.4, 0.5) is 10.6 Å². The number of thioether (sulfide) groups is 2. The molecule has 2 aromatic rings. The van der Waals surface area contributed by atoms with Gasteiger partial charge in [0, 0.05) is 19.6 Å². The van der Waals surface area contributed by atoms with Gasteiger partial charge in [0.25, 0.3) is 0 Å². The number of hydrogen-bond donors (Lipinski definition) is 1. The number of piperidine rings is 1. The zero-order chi connectivity index (χ0) is 20.6. The number of ether oxygens (including phenoxy) is 1. The smallest absolute Gasteiger partial charge is 0.410 e. The lowest BCUT2D eigenvalue weighted by Gasteiger charge is -2.31. The molecule has 9 heteroatoms. The summed E-state index contributed by atoms with van der Waals surface area (Å²) in [5.74, 6) is 1.13. The van der Waals surface area contributed by atoms with Gasteiger partial charge < -0.3 is 15.0 Å². The van der Waals surface area contributed by atoms with Crippen molar-refractivity contribution in [2.24, 2.45) is 5.92 Å². The van der Waals surface area contributed by atoms with Crippen LogP contribution in [0.25, 0.3) is 0 Å².